The van der Waals surface area contributed by atoms with Crippen molar-refractivity contribution in [3.05, 3.63) is 45.9 Å². The van der Waals surface area contributed by atoms with E-state index in [1.54, 1.807) is 11.3 Å². The van der Waals surface area contributed by atoms with Crippen molar-refractivity contribution in [3.63, 3.8) is 0 Å². The first-order valence-corrected chi connectivity index (χ1v) is 10.3. The molecule has 1 aromatic heterocycles. The van der Waals surface area contributed by atoms with Gasteiger partial charge in [-0.25, -0.2) is 4.98 Å². The molecule has 6 rings (SSSR count). The summed E-state index contributed by atoms with van der Waals surface area (Å²) < 4.78 is 0. The Hall–Kier alpha value is -1.68. The Morgan fingerprint density at radius 3 is 2.28 bits per heavy atom. The molecule has 1 heterocycles. The van der Waals surface area contributed by atoms with Crippen LogP contribution in [0.2, 0.25) is 0 Å². The summed E-state index contributed by atoms with van der Waals surface area (Å²) in [6, 6.07) is 9.65. The van der Waals surface area contributed by atoms with Gasteiger partial charge in [-0.2, -0.15) is 0 Å². The highest BCUT2D eigenvalue weighted by molar-refractivity contribution is 7.13. The lowest BCUT2D eigenvalue weighted by molar-refractivity contribution is -0.00722. The van der Waals surface area contributed by atoms with Gasteiger partial charge in [-0.3, -0.25) is 4.79 Å². The summed E-state index contributed by atoms with van der Waals surface area (Å²) in [6.45, 7) is 2.16. The van der Waals surface area contributed by atoms with Gasteiger partial charge in [0, 0.05) is 16.0 Å². The first-order chi connectivity index (χ1) is 12.1. The minimum Gasteiger partial charge on any atom is -0.320 e. The largest absolute Gasteiger partial charge is 0.320 e. The Bertz CT molecular complexity index is 775. The SMILES string of the molecule is Cc1sc(C(=O)Nc2ccccc2)nc1C12CC3CC(CC(C3)C1)C2. The molecule has 130 valence electrons. The number of thiazole rings is 1. The molecule has 4 aliphatic rings. The normalized spacial score (nSPS) is 32.8. The van der Waals surface area contributed by atoms with Crippen LogP contribution >= 0.6 is 11.3 Å². The van der Waals surface area contributed by atoms with Crippen LogP contribution in [-0.4, -0.2) is 10.9 Å². The van der Waals surface area contributed by atoms with Crippen LogP contribution in [0.4, 0.5) is 5.69 Å². The Labute approximate surface area is 152 Å². The predicted molar refractivity (Wildman–Crippen MR) is 101 cm³/mol. The average molecular weight is 353 g/mol. The van der Waals surface area contributed by atoms with Gasteiger partial charge in [0.25, 0.3) is 5.91 Å². The van der Waals surface area contributed by atoms with Crippen LogP contribution in [0, 0.1) is 24.7 Å². The molecular formula is C21H24N2OS. The molecule has 0 atom stereocenters. The van der Waals surface area contributed by atoms with Crippen LogP contribution in [-0.2, 0) is 5.41 Å². The maximum Gasteiger partial charge on any atom is 0.284 e. The second-order valence-corrected chi connectivity index (χ2v) is 9.65. The maximum absolute atomic E-state index is 12.6. The fourth-order valence-corrected chi connectivity index (χ4v) is 7.02. The van der Waals surface area contributed by atoms with E-state index in [2.05, 4.69) is 12.2 Å². The van der Waals surface area contributed by atoms with Crippen molar-refractivity contribution in [1.82, 2.24) is 4.98 Å². The minimum atomic E-state index is -0.0738. The summed E-state index contributed by atoms with van der Waals surface area (Å²) in [4.78, 5) is 18.8. The smallest absolute Gasteiger partial charge is 0.284 e. The third-order valence-electron chi connectivity index (χ3n) is 6.56. The second kappa shape index (κ2) is 5.66. The van der Waals surface area contributed by atoms with Crippen molar-refractivity contribution in [1.29, 1.82) is 0 Å². The molecule has 0 aliphatic heterocycles. The minimum absolute atomic E-state index is 0.0738. The highest BCUT2D eigenvalue weighted by Gasteiger charge is 2.53. The van der Waals surface area contributed by atoms with Crippen molar-refractivity contribution < 1.29 is 4.79 Å². The number of carbonyl (C=O) groups is 1. The molecule has 4 fully saturated rings. The number of para-hydroxylation sites is 1. The van der Waals surface area contributed by atoms with Gasteiger partial charge in [-0.05, 0) is 75.3 Å². The van der Waals surface area contributed by atoms with E-state index in [1.807, 2.05) is 30.3 Å². The monoisotopic (exact) mass is 352 g/mol. The molecular weight excluding hydrogens is 328 g/mol. The van der Waals surface area contributed by atoms with E-state index in [4.69, 9.17) is 4.98 Å². The number of anilines is 1. The third kappa shape index (κ3) is 2.62. The Kier molecular flexibility index (Phi) is 3.53. The summed E-state index contributed by atoms with van der Waals surface area (Å²) in [5.74, 6) is 2.62. The van der Waals surface area contributed by atoms with E-state index in [9.17, 15) is 4.79 Å². The molecule has 0 spiro atoms. The molecule has 1 amide bonds. The van der Waals surface area contributed by atoms with Gasteiger partial charge in [0.1, 0.15) is 0 Å². The van der Waals surface area contributed by atoms with Crippen LogP contribution < -0.4 is 5.32 Å². The Morgan fingerprint density at radius 1 is 1.08 bits per heavy atom. The molecule has 3 nitrogen and oxygen atoms in total. The zero-order valence-electron chi connectivity index (χ0n) is 14.6. The lowest BCUT2D eigenvalue weighted by Gasteiger charge is -2.56. The number of nitrogens with zero attached hydrogens (tertiary/aromatic N) is 1. The van der Waals surface area contributed by atoms with Gasteiger partial charge < -0.3 is 5.32 Å². The van der Waals surface area contributed by atoms with Crippen molar-refractivity contribution in [3.8, 4) is 0 Å². The van der Waals surface area contributed by atoms with Crippen LogP contribution in [0.15, 0.2) is 30.3 Å². The molecule has 0 saturated heterocycles. The number of hydrogen-bond acceptors (Lipinski definition) is 3. The van der Waals surface area contributed by atoms with E-state index in [-0.39, 0.29) is 11.3 Å². The summed E-state index contributed by atoms with van der Waals surface area (Å²) in [7, 11) is 0. The summed E-state index contributed by atoms with van der Waals surface area (Å²) in [5, 5.41) is 3.60. The quantitative estimate of drug-likeness (QED) is 0.828. The standard InChI is InChI=1S/C21H24N2OS/c1-13-18(21-10-14-7-15(11-21)9-16(8-14)12-21)23-20(25-13)19(24)22-17-5-3-2-4-6-17/h2-6,14-16H,7-12H2,1H3,(H,22,24). The summed E-state index contributed by atoms with van der Waals surface area (Å²) in [5.41, 5.74) is 2.34. The molecule has 4 saturated carbocycles. The number of hydrogen-bond donors (Lipinski definition) is 1. The van der Waals surface area contributed by atoms with Crippen LogP contribution in [0.25, 0.3) is 0 Å². The second-order valence-electron chi connectivity index (χ2n) is 8.44. The van der Waals surface area contributed by atoms with Crippen molar-refractivity contribution in [2.45, 2.75) is 50.9 Å². The highest BCUT2D eigenvalue weighted by Crippen LogP contribution is 2.61. The molecule has 4 aliphatic carbocycles. The first kappa shape index (κ1) is 15.6. The lowest BCUT2D eigenvalue weighted by atomic mass is 9.48. The van der Waals surface area contributed by atoms with E-state index in [1.165, 1.54) is 49.1 Å². The zero-order chi connectivity index (χ0) is 17.0. The maximum atomic E-state index is 12.6. The third-order valence-corrected chi connectivity index (χ3v) is 7.53. The van der Waals surface area contributed by atoms with Crippen LogP contribution in [0.5, 0.6) is 0 Å². The number of rotatable bonds is 3. The zero-order valence-corrected chi connectivity index (χ0v) is 15.4. The Morgan fingerprint density at radius 2 is 1.68 bits per heavy atom. The summed E-state index contributed by atoms with van der Waals surface area (Å²) >= 11 is 1.57. The lowest BCUT2D eigenvalue weighted by Crippen LogP contribution is -2.49. The van der Waals surface area contributed by atoms with Gasteiger partial charge in [-0.15, -0.1) is 11.3 Å². The van der Waals surface area contributed by atoms with Crippen molar-refractivity contribution in [2.24, 2.45) is 17.8 Å². The number of amides is 1. The molecule has 4 bridgehead atoms. The fourth-order valence-electron chi connectivity index (χ4n) is 6.09. The number of aryl methyl sites for hydroxylation is 1. The first-order valence-electron chi connectivity index (χ1n) is 9.46. The van der Waals surface area contributed by atoms with Crippen molar-refractivity contribution in [2.75, 3.05) is 5.32 Å². The molecule has 25 heavy (non-hydrogen) atoms. The molecule has 0 unspecified atom stereocenters. The van der Waals surface area contributed by atoms with Crippen molar-refractivity contribution >= 4 is 22.9 Å². The number of benzene rings is 1. The van der Waals surface area contributed by atoms with Gasteiger partial charge in [0.15, 0.2) is 5.01 Å². The number of nitrogens with one attached hydrogen (secondary N) is 1. The fraction of sp³-hybridized carbons (Fsp3) is 0.524. The van der Waals surface area contributed by atoms with Crippen LogP contribution in [0.3, 0.4) is 0 Å². The molecule has 1 N–H and O–H groups in total. The number of carbonyl (C=O) groups excluding carboxylic acids is 1. The van der Waals surface area contributed by atoms with E-state index >= 15 is 0 Å². The molecule has 1 aromatic carbocycles. The highest BCUT2D eigenvalue weighted by atomic mass is 32.1. The van der Waals surface area contributed by atoms with E-state index in [0.717, 1.165) is 23.4 Å². The molecule has 4 heteroatoms. The van der Waals surface area contributed by atoms with Gasteiger partial charge in [0.05, 0.1) is 5.69 Å². The van der Waals surface area contributed by atoms with Gasteiger partial charge in [0.2, 0.25) is 0 Å². The predicted octanol–water partition coefficient (Wildman–Crippen LogP) is 5.17. The van der Waals surface area contributed by atoms with E-state index in [0.29, 0.717) is 5.01 Å². The molecule has 0 radical (unpaired) electrons. The van der Waals surface area contributed by atoms with Gasteiger partial charge in [-0.1, -0.05) is 18.2 Å². The van der Waals surface area contributed by atoms with E-state index < -0.39 is 0 Å². The Balaban J connectivity index is 1.43. The number of aromatic nitrogens is 1. The average Bonchev–Trinajstić information content (AvgIpc) is 2.97. The summed E-state index contributed by atoms with van der Waals surface area (Å²) in [6.07, 6.45) is 8.19. The van der Waals surface area contributed by atoms with Gasteiger partial charge >= 0.3 is 0 Å². The molecule has 2 aromatic rings. The topological polar surface area (TPSA) is 42.0 Å². The van der Waals surface area contributed by atoms with Crippen LogP contribution in [0.1, 0.15) is 58.9 Å².